The number of anilines is 2. The zero-order valence-corrected chi connectivity index (χ0v) is 11.1. The lowest BCUT2D eigenvalue weighted by Gasteiger charge is -2.05. The van der Waals surface area contributed by atoms with Gasteiger partial charge in [-0.15, -0.1) is 0 Å². The molecule has 0 saturated carbocycles. The molecule has 2 aromatic heterocycles. The van der Waals surface area contributed by atoms with Crippen molar-refractivity contribution in [2.75, 3.05) is 5.32 Å². The summed E-state index contributed by atoms with van der Waals surface area (Å²) in [6, 6.07) is 1.75. The minimum Gasteiger partial charge on any atom is -0.318 e. The Kier molecular flexibility index (Phi) is 3.50. The van der Waals surface area contributed by atoms with Crippen LogP contribution in [-0.2, 0) is 13.6 Å². The van der Waals surface area contributed by atoms with Crippen molar-refractivity contribution < 1.29 is 4.92 Å². The monoisotopic (exact) mass is 264 g/mol. The minimum atomic E-state index is -0.417. The molecule has 1 N–H and O–H groups in total. The van der Waals surface area contributed by atoms with Gasteiger partial charge in [0.15, 0.2) is 5.82 Å². The number of hydrogen-bond donors (Lipinski definition) is 1. The van der Waals surface area contributed by atoms with Gasteiger partial charge in [-0.1, -0.05) is 6.92 Å². The van der Waals surface area contributed by atoms with Gasteiger partial charge in [-0.25, -0.2) is 4.68 Å². The first-order chi connectivity index (χ1) is 9.02. The van der Waals surface area contributed by atoms with Crippen LogP contribution in [0.25, 0.3) is 0 Å². The Morgan fingerprint density at radius 3 is 2.74 bits per heavy atom. The first kappa shape index (κ1) is 13.1. The van der Waals surface area contributed by atoms with E-state index in [1.165, 1.54) is 0 Å². The molecule has 0 aliphatic heterocycles. The number of nitro groups is 1. The summed E-state index contributed by atoms with van der Waals surface area (Å²) < 4.78 is 3.24. The molecule has 2 aromatic rings. The quantitative estimate of drug-likeness (QED) is 0.658. The first-order valence-corrected chi connectivity index (χ1v) is 6.01. The predicted octanol–water partition coefficient (Wildman–Crippen LogP) is 1.99. The molecule has 0 atom stereocenters. The van der Waals surface area contributed by atoms with E-state index in [9.17, 15) is 10.1 Å². The van der Waals surface area contributed by atoms with Crippen LogP contribution in [0.2, 0.25) is 0 Å². The Morgan fingerprint density at radius 2 is 2.21 bits per heavy atom. The number of rotatable bonds is 5. The number of nitrogens with one attached hydrogen (secondary N) is 1. The molecule has 2 heterocycles. The SMILES string of the molecule is CCCn1nc(C)c([N+](=O)[O-])c1Nc1ccn(C)n1. The number of aromatic nitrogens is 4. The molecule has 2 rings (SSSR count). The van der Waals surface area contributed by atoms with E-state index in [1.807, 2.05) is 6.92 Å². The van der Waals surface area contributed by atoms with Gasteiger partial charge >= 0.3 is 5.69 Å². The van der Waals surface area contributed by atoms with Crippen LogP contribution in [0.1, 0.15) is 19.0 Å². The van der Waals surface area contributed by atoms with Crippen molar-refractivity contribution in [1.82, 2.24) is 19.6 Å². The van der Waals surface area contributed by atoms with Gasteiger partial charge in [-0.3, -0.25) is 14.8 Å². The summed E-state index contributed by atoms with van der Waals surface area (Å²) in [5.74, 6) is 0.936. The fourth-order valence-electron chi connectivity index (χ4n) is 1.89. The van der Waals surface area contributed by atoms with Crippen molar-refractivity contribution in [3.8, 4) is 0 Å². The molecule has 0 amide bonds. The van der Waals surface area contributed by atoms with Gasteiger partial charge in [0.05, 0.1) is 4.92 Å². The van der Waals surface area contributed by atoms with Crippen LogP contribution in [0, 0.1) is 17.0 Å². The molecule has 0 spiro atoms. The standard InChI is InChI=1S/C11H16N6O2/c1-4-6-16-11(10(17(18)19)8(2)13-16)12-9-5-7-15(3)14-9/h5,7H,4,6H2,1-3H3,(H,12,14). The zero-order chi connectivity index (χ0) is 14.0. The molecule has 8 nitrogen and oxygen atoms in total. The third-order valence-corrected chi connectivity index (χ3v) is 2.67. The van der Waals surface area contributed by atoms with Crippen LogP contribution in [0.15, 0.2) is 12.3 Å². The van der Waals surface area contributed by atoms with Crippen molar-refractivity contribution in [2.24, 2.45) is 7.05 Å². The summed E-state index contributed by atoms with van der Waals surface area (Å²) in [5, 5.41) is 22.5. The highest BCUT2D eigenvalue weighted by atomic mass is 16.6. The molecule has 0 saturated heterocycles. The second kappa shape index (κ2) is 5.09. The maximum absolute atomic E-state index is 11.1. The smallest absolute Gasteiger partial charge is 0.318 e. The second-order valence-electron chi connectivity index (χ2n) is 4.26. The van der Waals surface area contributed by atoms with Gasteiger partial charge in [0.2, 0.25) is 5.82 Å². The molecular formula is C11H16N6O2. The van der Waals surface area contributed by atoms with E-state index in [0.29, 0.717) is 23.9 Å². The fourth-order valence-corrected chi connectivity index (χ4v) is 1.89. The summed E-state index contributed by atoms with van der Waals surface area (Å²) in [7, 11) is 1.79. The van der Waals surface area contributed by atoms with E-state index in [2.05, 4.69) is 15.5 Å². The summed E-state index contributed by atoms with van der Waals surface area (Å²) in [4.78, 5) is 10.7. The Bertz CT molecular complexity index is 600. The predicted molar refractivity (Wildman–Crippen MR) is 70.4 cm³/mol. The summed E-state index contributed by atoms with van der Waals surface area (Å²) >= 11 is 0. The van der Waals surface area contributed by atoms with Crippen LogP contribution >= 0.6 is 0 Å². The molecule has 0 fully saturated rings. The van der Waals surface area contributed by atoms with E-state index in [-0.39, 0.29) is 5.69 Å². The highest BCUT2D eigenvalue weighted by molar-refractivity contribution is 5.65. The third kappa shape index (κ3) is 2.56. The molecule has 8 heteroatoms. The number of nitrogens with zero attached hydrogens (tertiary/aromatic N) is 5. The lowest BCUT2D eigenvalue weighted by Crippen LogP contribution is -2.06. The summed E-state index contributed by atoms with van der Waals surface area (Å²) in [5.41, 5.74) is 0.399. The average Bonchev–Trinajstić information content (AvgIpc) is 2.85. The zero-order valence-electron chi connectivity index (χ0n) is 11.1. The van der Waals surface area contributed by atoms with Crippen LogP contribution < -0.4 is 5.32 Å². The topological polar surface area (TPSA) is 90.8 Å². The van der Waals surface area contributed by atoms with Crippen molar-refractivity contribution in [3.63, 3.8) is 0 Å². The van der Waals surface area contributed by atoms with Gasteiger partial charge in [-0.2, -0.15) is 10.2 Å². The Labute approximate surface area is 110 Å². The lowest BCUT2D eigenvalue weighted by atomic mass is 10.4. The largest absolute Gasteiger partial charge is 0.334 e. The van der Waals surface area contributed by atoms with E-state index >= 15 is 0 Å². The maximum Gasteiger partial charge on any atom is 0.334 e. The van der Waals surface area contributed by atoms with Crippen molar-refractivity contribution in [1.29, 1.82) is 0 Å². The van der Waals surface area contributed by atoms with E-state index in [0.717, 1.165) is 6.42 Å². The minimum absolute atomic E-state index is 0.000830. The molecule has 0 aliphatic rings. The Morgan fingerprint density at radius 1 is 1.47 bits per heavy atom. The van der Waals surface area contributed by atoms with Gasteiger partial charge in [0.1, 0.15) is 5.69 Å². The normalized spacial score (nSPS) is 10.7. The van der Waals surface area contributed by atoms with E-state index in [1.54, 1.807) is 35.6 Å². The first-order valence-electron chi connectivity index (χ1n) is 6.01. The Balaban J connectivity index is 2.43. The molecule has 0 aliphatic carbocycles. The van der Waals surface area contributed by atoms with Gasteiger partial charge in [-0.05, 0) is 13.3 Å². The molecule has 0 bridgehead atoms. The molecule has 0 radical (unpaired) electrons. The van der Waals surface area contributed by atoms with E-state index in [4.69, 9.17) is 0 Å². The van der Waals surface area contributed by atoms with Gasteiger partial charge in [0.25, 0.3) is 0 Å². The number of aryl methyl sites for hydroxylation is 3. The van der Waals surface area contributed by atoms with Crippen molar-refractivity contribution in [2.45, 2.75) is 26.8 Å². The number of hydrogen-bond acceptors (Lipinski definition) is 5. The highest BCUT2D eigenvalue weighted by Gasteiger charge is 2.25. The molecule has 0 aromatic carbocycles. The summed E-state index contributed by atoms with van der Waals surface area (Å²) in [6.07, 6.45) is 2.61. The van der Waals surface area contributed by atoms with Crippen LogP contribution in [0.5, 0.6) is 0 Å². The molecule has 19 heavy (non-hydrogen) atoms. The Hall–Kier alpha value is -2.38. The maximum atomic E-state index is 11.1. The summed E-state index contributed by atoms with van der Waals surface area (Å²) in [6.45, 7) is 4.24. The van der Waals surface area contributed by atoms with Gasteiger partial charge in [0, 0.05) is 25.9 Å². The lowest BCUT2D eigenvalue weighted by molar-refractivity contribution is -0.384. The van der Waals surface area contributed by atoms with Crippen LogP contribution in [-0.4, -0.2) is 24.5 Å². The highest BCUT2D eigenvalue weighted by Crippen LogP contribution is 2.30. The fraction of sp³-hybridized carbons (Fsp3) is 0.455. The molecule has 0 unspecified atom stereocenters. The van der Waals surface area contributed by atoms with Gasteiger partial charge < -0.3 is 5.32 Å². The van der Waals surface area contributed by atoms with Crippen LogP contribution in [0.4, 0.5) is 17.3 Å². The second-order valence-corrected chi connectivity index (χ2v) is 4.26. The van der Waals surface area contributed by atoms with E-state index < -0.39 is 4.92 Å². The van der Waals surface area contributed by atoms with Crippen molar-refractivity contribution >= 4 is 17.3 Å². The van der Waals surface area contributed by atoms with Crippen molar-refractivity contribution in [3.05, 3.63) is 28.1 Å². The average molecular weight is 264 g/mol. The molecule has 102 valence electrons. The molecular weight excluding hydrogens is 248 g/mol. The van der Waals surface area contributed by atoms with Crippen LogP contribution in [0.3, 0.4) is 0 Å². The third-order valence-electron chi connectivity index (χ3n) is 2.67.